The number of nitrogens with zero attached hydrogens (tertiary/aromatic N) is 2. The second-order valence-corrected chi connectivity index (χ2v) is 8.30. The monoisotopic (exact) mass is 387 g/mol. The van der Waals surface area contributed by atoms with Crippen LogP contribution < -0.4 is 5.32 Å². The zero-order valence-electron chi connectivity index (χ0n) is 17.3. The molecule has 0 bridgehead atoms. The third kappa shape index (κ3) is 4.76. The van der Waals surface area contributed by atoms with E-state index in [1.807, 2.05) is 24.5 Å². The zero-order valence-corrected chi connectivity index (χ0v) is 17.3. The summed E-state index contributed by atoms with van der Waals surface area (Å²) in [4.78, 5) is 17.0. The van der Waals surface area contributed by atoms with E-state index in [0.29, 0.717) is 12.3 Å². The Morgan fingerprint density at radius 2 is 1.90 bits per heavy atom. The number of anilines is 1. The lowest BCUT2D eigenvalue weighted by atomic mass is 9.90. The predicted molar refractivity (Wildman–Crippen MR) is 117 cm³/mol. The highest BCUT2D eigenvalue weighted by atomic mass is 16.1. The van der Waals surface area contributed by atoms with E-state index < -0.39 is 0 Å². The number of imidazole rings is 1. The van der Waals surface area contributed by atoms with Gasteiger partial charge in [-0.25, -0.2) is 4.98 Å². The van der Waals surface area contributed by atoms with Crippen LogP contribution >= 0.6 is 0 Å². The molecule has 0 spiro atoms. The Labute approximate surface area is 173 Å². The minimum absolute atomic E-state index is 0.0309. The molecule has 1 N–H and O–H groups in total. The number of aryl methyl sites for hydroxylation is 2. The summed E-state index contributed by atoms with van der Waals surface area (Å²) in [5.41, 5.74) is 5.96. The molecular weight excluding hydrogens is 358 g/mol. The fourth-order valence-electron chi connectivity index (χ4n) is 4.19. The average Bonchev–Trinajstić information content (AvgIpc) is 3.16. The van der Waals surface area contributed by atoms with Crippen molar-refractivity contribution in [2.45, 2.75) is 58.4 Å². The molecule has 1 aliphatic carbocycles. The summed E-state index contributed by atoms with van der Waals surface area (Å²) in [6.45, 7) is 5.05. The van der Waals surface area contributed by atoms with Gasteiger partial charge in [0, 0.05) is 30.5 Å². The van der Waals surface area contributed by atoms with E-state index >= 15 is 0 Å². The molecule has 1 heterocycles. The molecule has 1 amide bonds. The fraction of sp³-hybridized carbons (Fsp3) is 0.360. The molecule has 0 aliphatic heterocycles. The minimum Gasteiger partial charge on any atom is -0.330 e. The van der Waals surface area contributed by atoms with Gasteiger partial charge in [-0.3, -0.25) is 4.79 Å². The summed E-state index contributed by atoms with van der Waals surface area (Å²) in [5.74, 6) is 1.49. The molecule has 0 fully saturated rings. The van der Waals surface area contributed by atoms with Crippen molar-refractivity contribution >= 4 is 11.6 Å². The molecule has 0 saturated heterocycles. The van der Waals surface area contributed by atoms with Crippen LogP contribution in [0.2, 0.25) is 0 Å². The van der Waals surface area contributed by atoms with Gasteiger partial charge in [-0.2, -0.15) is 0 Å². The van der Waals surface area contributed by atoms with Crippen molar-refractivity contribution in [3.8, 4) is 0 Å². The highest BCUT2D eigenvalue weighted by molar-refractivity contribution is 5.92. The number of hydrogen-bond acceptors (Lipinski definition) is 2. The first-order valence-electron chi connectivity index (χ1n) is 10.6. The van der Waals surface area contributed by atoms with Gasteiger partial charge in [-0.05, 0) is 60.1 Å². The topological polar surface area (TPSA) is 46.9 Å². The molecular formula is C25H29N3O. The van der Waals surface area contributed by atoms with Crippen molar-refractivity contribution in [2.75, 3.05) is 5.32 Å². The van der Waals surface area contributed by atoms with Gasteiger partial charge in [0.1, 0.15) is 5.82 Å². The van der Waals surface area contributed by atoms with E-state index in [-0.39, 0.29) is 5.91 Å². The van der Waals surface area contributed by atoms with Crippen molar-refractivity contribution in [3.05, 3.63) is 82.9 Å². The van der Waals surface area contributed by atoms with Crippen LogP contribution in [0.1, 0.15) is 60.7 Å². The second kappa shape index (κ2) is 8.64. The van der Waals surface area contributed by atoms with Crippen molar-refractivity contribution < 1.29 is 4.79 Å². The Hall–Kier alpha value is -2.88. The number of hydrogen-bond donors (Lipinski definition) is 1. The number of nitrogens with one attached hydrogen (secondary N) is 1. The van der Waals surface area contributed by atoms with Gasteiger partial charge in [0.05, 0.1) is 6.42 Å². The van der Waals surface area contributed by atoms with Gasteiger partial charge in [-0.1, -0.05) is 44.2 Å². The molecule has 0 radical (unpaired) electrons. The Morgan fingerprint density at radius 3 is 2.72 bits per heavy atom. The third-order valence-corrected chi connectivity index (χ3v) is 5.61. The predicted octanol–water partition coefficient (Wildman–Crippen LogP) is 5.11. The Kier molecular flexibility index (Phi) is 5.79. The molecule has 150 valence electrons. The van der Waals surface area contributed by atoms with Gasteiger partial charge in [-0.15, -0.1) is 0 Å². The quantitative estimate of drug-likeness (QED) is 0.638. The average molecular weight is 388 g/mol. The van der Waals surface area contributed by atoms with Crippen LogP contribution in [-0.2, 0) is 30.6 Å². The highest BCUT2D eigenvalue weighted by Gasteiger charge is 2.12. The summed E-state index contributed by atoms with van der Waals surface area (Å²) in [7, 11) is 0. The SMILES string of the molecule is CC(C)c1nccn1Cc1cccc(NC(=O)Cc2ccc3c(c2)CCCC3)c1. The van der Waals surface area contributed by atoms with E-state index in [1.165, 1.54) is 30.4 Å². The largest absolute Gasteiger partial charge is 0.330 e. The summed E-state index contributed by atoms with van der Waals surface area (Å²) >= 11 is 0. The Bertz CT molecular complexity index is 1000. The minimum atomic E-state index is 0.0309. The Morgan fingerprint density at radius 1 is 1.07 bits per heavy atom. The number of fused-ring (bicyclic) bond motifs is 1. The summed E-state index contributed by atoms with van der Waals surface area (Å²) in [6.07, 6.45) is 9.11. The van der Waals surface area contributed by atoms with Crippen LogP contribution in [0.5, 0.6) is 0 Å². The van der Waals surface area contributed by atoms with Crippen LogP contribution in [0.15, 0.2) is 54.9 Å². The van der Waals surface area contributed by atoms with Crippen molar-refractivity contribution in [2.24, 2.45) is 0 Å². The lowest BCUT2D eigenvalue weighted by molar-refractivity contribution is -0.115. The molecule has 4 rings (SSSR count). The number of amides is 1. The van der Waals surface area contributed by atoms with E-state index in [2.05, 4.69) is 59.0 Å². The third-order valence-electron chi connectivity index (χ3n) is 5.61. The van der Waals surface area contributed by atoms with Gasteiger partial charge in [0.25, 0.3) is 0 Å². The van der Waals surface area contributed by atoms with Gasteiger partial charge in [0.15, 0.2) is 0 Å². The lowest BCUT2D eigenvalue weighted by Gasteiger charge is -2.16. The molecule has 4 nitrogen and oxygen atoms in total. The van der Waals surface area contributed by atoms with E-state index in [9.17, 15) is 4.79 Å². The van der Waals surface area contributed by atoms with Gasteiger partial charge >= 0.3 is 0 Å². The number of carbonyl (C=O) groups is 1. The summed E-state index contributed by atoms with van der Waals surface area (Å²) in [5, 5.41) is 3.06. The van der Waals surface area contributed by atoms with Crippen LogP contribution in [0.4, 0.5) is 5.69 Å². The molecule has 1 aromatic heterocycles. The number of carbonyl (C=O) groups excluding carboxylic acids is 1. The zero-order chi connectivity index (χ0) is 20.2. The molecule has 3 aromatic rings. The molecule has 1 aliphatic rings. The van der Waals surface area contributed by atoms with Crippen LogP contribution in [0, 0.1) is 0 Å². The van der Waals surface area contributed by atoms with Gasteiger partial charge in [0.2, 0.25) is 5.91 Å². The van der Waals surface area contributed by atoms with Gasteiger partial charge < -0.3 is 9.88 Å². The van der Waals surface area contributed by atoms with Crippen molar-refractivity contribution in [3.63, 3.8) is 0 Å². The number of benzene rings is 2. The number of aromatic nitrogens is 2. The summed E-state index contributed by atoms with van der Waals surface area (Å²) < 4.78 is 2.17. The maximum absolute atomic E-state index is 12.6. The maximum atomic E-state index is 12.6. The van der Waals surface area contributed by atoms with Crippen molar-refractivity contribution in [1.29, 1.82) is 0 Å². The first kappa shape index (κ1) is 19.4. The fourth-order valence-corrected chi connectivity index (χ4v) is 4.19. The molecule has 0 saturated carbocycles. The number of rotatable bonds is 6. The van der Waals surface area contributed by atoms with Crippen LogP contribution in [-0.4, -0.2) is 15.5 Å². The standard InChI is InChI=1S/C25H29N3O/c1-18(2)25-26-12-13-28(25)17-20-6-5-9-23(15-20)27-24(29)16-19-10-11-21-7-3-4-8-22(21)14-19/h5-6,9-15,18H,3-4,7-8,16-17H2,1-2H3,(H,27,29). The van der Waals surface area contributed by atoms with E-state index in [0.717, 1.165) is 35.6 Å². The lowest BCUT2D eigenvalue weighted by Crippen LogP contribution is -2.15. The Balaban J connectivity index is 1.41. The molecule has 0 atom stereocenters. The normalized spacial score (nSPS) is 13.3. The first-order chi connectivity index (χ1) is 14.1. The van der Waals surface area contributed by atoms with Crippen LogP contribution in [0.3, 0.4) is 0 Å². The first-order valence-corrected chi connectivity index (χ1v) is 10.6. The maximum Gasteiger partial charge on any atom is 0.228 e. The molecule has 29 heavy (non-hydrogen) atoms. The van der Waals surface area contributed by atoms with E-state index in [4.69, 9.17) is 0 Å². The van der Waals surface area contributed by atoms with Crippen LogP contribution in [0.25, 0.3) is 0 Å². The smallest absolute Gasteiger partial charge is 0.228 e. The van der Waals surface area contributed by atoms with E-state index in [1.54, 1.807) is 0 Å². The molecule has 4 heteroatoms. The molecule has 2 aromatic carbocycles. The molecule has 0 unspecified atom stereocenters. The second-order valence-electron chi connectivity index (χ2n) is 8.30. The summed E-state index contributed by atoms with van der Waals surface area (Å²) in [6, 6.07) is 14.6. The van der Waals surface area contributed by atoms with Crippen molar-refractivity contribution in [1.82, 2.24) is 9.55 Å². The highest BCUT2D eigenvalue weighted by Crippen LogP contribution is 2.23.